The molecule has 0 saturated heterocycles. The van der Waals surface area contributed by atoms with E-state index in [1.54, 1.807) is 47.9 Å². The first-order chi connectivity index (χ1) is 13.8. The van der Waals surface area contributed by atoms with Crippen molar-refractivity contribution in [3.8, 4) is 0 Å². The fraction of sp³-hybridized carbons (Fsp3) is 0.238. The molecule has 150 valence electrons. The summed E-state index contributed by atoms with van der Waals surface area (Å²) in [5, 5.41) is 3.30. The molecule has 0 saturated carbocycles. The van der Waals surface area contributed by atoms with Crippen LogP contribution < -0.4 is 10.9 Å². The molecule has 0 radical (unpaired) electrons. The number of nitrogens with zero attached hydrogens (tertiary/aromatic N) is 2. The Morgan fingerprint density at radius 3 is 2.52 bits per heavy atom. The highest BCUT2D eigenvalue weighted by molar-refractivity contribution is 9.10. The van der Waals surface area contributed by atoms with E-state index in [4.69, 9.17) is 0 Å². The summed E-state index contributed by atoms with van der Waals surface area (Å²) in [5.74, 6) is -0.239. The number of carbonyl (C=O) groups excluding carboxylic acids is 2. The smallest absolute Gasteiger partial charge is 0.262 e. The number of aromatic nitrogens is 2. The summed E-state index contributed by atoms with van der Waals surface area (Å²) in [7, 11) is 0. The molecule has 0 aliphatic rings. The number of benzene rings is 2. The zero-order valence-electron chi connectivity index (χ0n) is 16.2. The molecule has 3 aromatic rings. The Morgan fingerprint density at radius 2 is 1.90 bits per heavy atom. The Labute approximate surface area is 180 Å². The highest BCUT2D eigenvalue weighted by atomic mass is 79.9. The molecule has 8 heteroatoms. The van der Waals surface area contributed by atoms with E-state index >= 15 is 0 Å². The van der Waals surface area contributed by atoms with Gasteiger partial charge in [0.1, 0.15) is 0 Å². The van der Waals surface area contributed by atoms with Gasteiger partial charge in [-0.1, -0.05) is 27.7 Å². The Bertz CT molecular complexity index is 1140. The summed E-state index contributed by atoms with van der Waals surface area (Å²) in [6.07, 6.45) is 0. The summed E-state index contributed by atoms with van der Waals surface area (Å²) in [6.45, 7) is 5.57. The molecule has 1 unspecified atom stereocenters. The number of ketones is 1. The van der Waals surface area contributed by atoms with Crippen LogP contribution in [0.5, 0.6) is 0 Å². The van der Waals surface area contributed by atoms with Crippen molar-refractivity contribution in [2.24, 2.45) is 0 Å². The van der Waals surface area contributed by atoms with Crippen LogP contribution in [0.4, 0.5) is 5.69 Å². The minimum absolute atomic E-state index is 0.0721. The van der Waals surface area contributed by atoms with Crippen molar-refractivity contribution in [1.29, 1.82) is 0 Å². The number of rotatable bonds is 6. The maximum atomic E-state index is 12.8. The van der Waals surface area contributed by atoms with E-state index in [9.17, 15) is 14.4 Å². The van der Waals surface area contributed by atoms with E-state index in [2.05, 4.69) is 26.2 Å². The van der Waals surface area contributed by atoms with Gasteiger partial charge in [0, 0.05) is 29.2 Å². The second kappa shape index (κ2) is 8.92. The minimum Gasteiger partial charge on any atom is -0.326 e. The number of thioether (sulfide) groups is 1. The third-order valence-corrected chi connectivity index (χ3v) is 5.92. The SMILES string of the molecule is CCn1c(SC(C)C(=O)c2ccc(NC(C)=O)cc2)nc2ccc(Br)cc2c1=O. The maximum Gasteiger partial charge on any atom is 0.262 e. The molecule has 0 fully saturated rings. The highest BCUT2D eigenvalue weighted by Gasteiger charge is 2.20. The normalized spacial score (nSPS) is 12.0. The van der Waals surface area contributed by atoms with Gasteiger partial charge in [0.05, 0.1) is 16.2 Å². The van der Waals surface area contributed by atoms with Crippen LogP contribution >= 0.6 is 27.7 Å². The molecule has 3 rings (SSSR count). The molecule has 0 aliphatic carbocycles. The third-order valence-electron chi connectivity index (χ3n) is 4.34. The first kappa shape index (κ1) is 21.3. The van der Waals surface area contributed by atoms with Crippen LogP contribution in [0.1, 0.15) is 31.1 Å². The predicted octanol–water partition coefficient (Wildman–Crippen LogP) is 4.50. The van der Waals surface area contributed by atoms with Crippen molar-refractivity contribution in [2.45, 2.75) is 37.7 Å². The van der Waals surface area contributed by atoms with E-state index in [1.165, 1.54) is 18.7 Å². The lowest BCUT2D eigenvalue weighted by Crippen LogP contribution is -2.24. The number of nitrogens with one attached hydrogen (secondary N) is 1. The number of hydrogen-bond donors (Lipinski definition) is 1. The summed E-state index contributed by atoms with van der Waals surface area (Å²) >= 11 is 4.65. The van der Waals surface area contributed by atoms with Crippen molar-refractivity contribution in [3.05, 3.63) is 62.9 Å². The predicted molar refractivity (Wildman–Crippen MR) is 120 cm³/mol. The Balaban J connectivity index is 1.88. The van der Waals surface area contributed by atoms with Crippen LogP contribution in [-0.4, -0.2) is 26.5 Å². The minimum atomic E-state index is -0.431. The Kier molecular flexibility index (Phi) is 6.54. The molecule has 6 nitrogen and oxygen atoms in total. The quantitative estimate of drug-likeness (QED) is 0.323. The number of carbonyl (C=O) groups is 2. The van der Waals surface area contributed by atoms with Gasteiger partial charge in [0.15, 0.2) is 10.9 Å². The molecule has 0 bridgehead atoms. The van der Waals surface area contributed by atoms with Crippen molar-refractivity contribution in [1.82, 2.24) is 9.55 Å². The van der Waals surface area contributed by atoms with Gasteiger partial charge in [-0.2, -0.15) is 0 Å². The van der Waals surface area contributed by atoms with Crippen molar-refractivity contribution in [3.63, 3.8) is 0 Å². The summed E-state index contributed by atoms with van der Waals surface area (Å²) < 4.78 is 2.40. The monoisotopic (exact) mass is 473 g/mol. The average molecular weight is 474 g/mol. The number of halogens is 1. The zero-order valence-corrected chi connectivity index (χ0v) is 18.6. The molecular formula is C21H20BrN3O3S. The molecule has 1 heterocycles. The summed E-state index contributed by atoms with van der Waals surface area (Å²) in [5.41, 5.74) is 1.65. The van der Waals surface area contributed by atoms with E-state index in [0.29, 0.717) is 33.9 Å². The molecule has 1 N–H and O–H groups in total. The lowest BCUT2D eigenvalue weighted by Gasteiger charge is -2.15. The largest absolute Gasteiger partial charge is 0.326 e. The fourth-order valence-corrected chi connectivity index (χ4v) is 4.32. The number of hydrogen-bond acceptors (Lipinski definition) is 5. The van der Waals surface area contributed by atoms with Gasteiger partial charge < -0.3 is 5.32 Å². The maximum absolute atomic E-state index is 12.8. The number of Topliss-reactive ketones (excluding diaryl/α,β-unsaturated/α-hetero) is 1. The second-order valence-electron chi connectivity index (χ2n) is 6.49. The molecule has 1 atom stereocenters. The van der Waals surface area contributed by atoms with Crippen LogP contribution in [0.25, 0.3) is 10.9 Å². The lowest BCUT2D eigenvalue weighted by atomic mass is 10.1. The molecule has 2 aromatic carbocycles. The zero-order chi connectivity index (χ0) is 21.1. The van der Waals surface area contributed by atoms with Crippen LogP contribution in [0.3, 0.4) is 0 Å². The first-order valence-corrected chi connectivity index (χ1v) is 10.8. The standard InChI is InChI=1S/C21H20BrN3O3S/c1-4-25-20(28)17-11-15(22)7-10-18(17)24-21(25)29-12(2)19(27)14-5-8-16(9-6-14)23-13(3)26/h5-12H,4H2,1-3H3,(H,23,26). The summed E-state index contributed by atoms with van der Waals surface area (Å²) in [6, 6.07) is 12.1. The molecule has 0 spiro atoms. The van der Waals surface area contributed by atoms with Gasteiger partial charge in [0.25, 0.3) is 5.56 Å². The van der Waals surface area contributed by atoms with E-state index < -0.39 is 5.25 Å². The second-order valence-corrected chi connectivity index (χ2v) is 8.71. The molecule has 1 amide bonds. The third kappa shape index (κ3) is 4.76. The highest BCUT2D eigenvalue weighted by Crippen LogP contribution is 2.26. The lowest BCUT2D eigenvalue weighted by molar-refractivity contribution is -0.114. The number of anilines is 1. The van der Waals surface area contributed by atoms with Crippen molar-refractivity contribution >= 4 is 56.0 Å². The van der Waals surface area contributed by atoms with Gasteiger partial charge >= 0.3 is 0 Å². The molecule has 29 heavy (non-hydrogen) atoms. The summed E-state index contributed by atoms with van der Waals surface area (Å²) in [4.78, 5) is 41.4. The van der Waals surface area contributed by atoms with Crippen LogP contribution in [0.15, 0.2) is 56.9 Å². The van der Waals surface area contributed by atoms with Crippen LogP contribution in [-0.2, 0) is 11.3 Å². The Hall–Kier alpha value is -2.45. The topological polar surface area (TPSA) is 81.1 Å². The van der Waals surface area contributed by atoms with E-state index in [-0.39, 0.29) is 17.2 Å². The average Bonchev–Trinajstić information content (AvgIpc) is 2.68. The Morgan fingerprint density at radius 1 is 1.21 bits per heavy atom. The molecular weight excluding hydrogens is 454 g/mol. The first-order valence-electron chi connectivity index (χ1n) is 9.08. The number of amides is 1. The fourth-order valence-electron chi connectivity index (χ4n) is 2.91. The van der Waals surface area contributed by atoms with Gasteiger partial charge in [-0.15, -0.1) is 0 Å². The number of fused-ring (bicyclic) bond motifs is 1. The van der Waals surface area contributed by atoms with Gasteiger partial charge in [-0.05, 0) is 56.3 Å². The van der Waals surface area contributed by atoms with E-state index in [1.807, 2.05) is 13.0 Å². The van der Waals surface area contributed by atoms with Crippen molar-refractivity contribution < 1.29 is 9.59 Å². The van der Waals surface area contributed by atoms with Crippen LogP contribution in [0.2, 0.25) is 0 Å². The van der Waals surface area contributed by atoms with Crippen LogP contribution in [0, 0.1) is 0 Å². The van der Waals surface area contributed by atoms with Gasteiger partial charge in [-0.25, -0.2) is 4.98 Å². The molecule has 1 aromatic heterocycles. The van der Waals surface area contributed by atoms with Gasteiger partial charge in [-0.3, -0.25) is 19.0 Å². The van der Waals surface area contributed by atoms with E-state index in [0.717, 1.165) is 4.47 Å². The van der Waals surface area contributed by atoms with Gasteiger partial charge in [0.2, 0.25) is 5.91 Å². The molecule has 0 aliphatic heterocycles. The van der Waals surface area contributed by atoms with Crippen molar-refractivity contribution in [2.75, 3.05) is 5.32 Å².